The number of hydrogen-bond donors (Lipinski definition) is 2. The van der Waals surface area contributed by atoms with Crippen LogP contribution in [0.5, 0.6) is 11.5 Å². The molecule has 0 bridgehead atoms. The summed E-state index contributed by atoms with van der Waals surface area (Å²) in [5, 5.41) is 0.929. The number of nitrogens with one attached hydrogen (secondary N) is 1. The molecule has 1 heterocycles. The average molecular weight is 418 g/mol. The van der Waals surface area contributed by atoms with Crippen LogP contribution >= 0.6 is 0 Å². The molecule has 0 amide bonds. The Morgan fingerprint density at radius 1 is 1.07 bits per heavy atom. The highest BCUT2D eigenvalue weighted by molar-refractivity contribution is 5.83. The van der Waals surface area contributed by atoms with Crippen LogP contribution in [0.3, 0.4) is 0 Å². The first-order chi connectivity index (χ1) is 14.4. The van der Waals surface area contributed by atoms with Crippen molar-refractivity contribution in [3.63, 3.8) is 0 Å². The van der Waals surface area contributed by atoms with Crippen LogP contribution in [0.4, 0.5) is 13.2 Å². The van der Waals surface area contributed by atoms with Gasteiger partial charge in [0.15, 0.2) is 23.1 Å². The Hall–Kier alpha value is -2.67. The molecule has 1 saturated carbocycles. The number of aromatic amines is 1. The third-order valence-corrected chi connectivity index (χ3v) is 6.16. The minimum absolute atomic E-state index is 0.148. The SMILES string of the molecule is COc1cc(F)c(F)cc1OCC[C@]1(N)CC[C@@H](c2c[nH]c3ccc(F)cc32)CC1. The van der Waals surface area contributed by atoms with E-state index in [0.717, 1.165) is 54.3 Å². The van der Waals surface area contributed by atoms with Gasteiger partial charge in [0, 0.05) is 34.8 Å². The minimum Gasteiger partial charge on any atom is -0.493 e. The van der Waals surface area contributed by atoms with E-state index >= 15 is 0 Å². The molecule has 1 aliphatic rings. The number of methoxy groups -OCH3 is 1. The van der Waals surface area contributed by atoms with Crippen LogP contribution in [0.1, 0.15) is 43.6 Å². The summed E-state index contributed by atoms with van der Waals surface area (Å²) in [7, 11) is 1.38. The van der Waals surface area contributed by atoms with Crippen LogP contribution in [0.25, 0.3) is 10.9 Å². The first-order valence-corrected chi connectivity index (χ1v) is 10.1. The molecule has 3 aromatic rings. The maximum Gasteiger partial charge on any atom is 0.164 e. The number of nitrogens with two attached hydrogens (primary N) is 1. The lowest BCUT2D eigenvalue weighted by atomic mass is 9.73. The molecule has 0 unspecified atom stereocenters. The van der Waals surface area contributed by atoms with Gasteiger partial charge in [-0.2, -0.15) is 0 Å². The highest BCUT2D eigenvalue weighted by Crippen LogP contribution is 2.41. The summed E-state index contributed by atoms with van der Waals surface area (Å²) in [6, 6.07) is 6.75. The molecule has 0 aliphatic heterocycles. The Bertz CT molecular complexity index is 1040. The second-order valence-corrected chi connectivity index (χ2v) is 8.09. The molecule has 1 fully saturated rings. The molecular formula is C23H25F3N2O2. The number of H-pyrrole nitrogens is 1. The molecule has 2 aromatic carbocycles. The molecule has 4 nitrogen and oxygen atoms in total. The van der Waals surface area contributed by atoms with Gasteiger partial charge in [-0.3, -0.25) is 0 Å². The molecule has 0 atom stereocenters. The van der Waals surface area contributed by atoms with Crippen LogP contribution < -0.4 is 15.2 Å². The zero-order valence-electron chi connectivity index (χ0n) is 16.8. The third kappa shape index (κ3) is 4.12. The van der Waals surface area contributed by atoms with E-state index in [1.54, 1.807) is 12.1 Å². The second-order valence-electron chi connectivity index (χ2n) is 8.09. The van der Waals surface area contributed by atoms with Crippen LogP contribution in [-0.4, -0.2) is 24.2 Å². The minimum atomic E-state index is -0.982. The van der Waals surface area contributed by atoms with Crippen molar-refractivity contribution >= 4 is 10.9 Å². The van der Waals surface area contributed by atoms with Gasteiger partial charge in [-0.1, -0.05) is 0 Å². The summed E-state index contributed by atoms with van der Waals surface area (Å²) in [6.45, 7) is 0.279. The number of ether oxygens (including phenoxy) is 2. The van der Waals surface area contributed by atoms with Crippen molar-refractivity contribution < 1.29 is 22.6 Å². The highest BCUT2D eigenvalue weighted by Gasteiger charge is 2.33. The van der Waals surface area contributed by atoms with Gasteiger partial charge < -0.3 is 20.2 Å². The van der Waals surface area contributed by atoms with Crippen molar-refractivity contribution in [3.05, 3.63) is 59.5 Å². The van der Waals surface area contributed by atoms with Gasteiger partial charge in [0.1, 0.15) is 5.82 Å². The fraction of sp³-hybridized carbons (Fsp3) is 0.391. The normalized spacial score (nSPS) is 21.7. The van der Waals surface area contributed by atoms with Crippen molar-refractivity contribution in [1.82, 2.24) is 4.98 Å². The molecule has 0 spiro atoms. The molecule has 0 saturated heterocycles. The zero-order valence-corrected chi connectivity index (χ0v) is 16.8. The van der Waals surface area contributed by atoms with Gasteiger partial charge in [0.05, 0.1) is 13.7 Å². The monoisotopic (exact) mass is 418 g/mol. The quantitative estimate of drug-likeness (QED) is 0.562. The Morgan fingerprint density at radius 3 is 2.47 bits per heavy atom. The Labute approximate surface area is 173 Å². The van der Waals surface area contributed by atoms with E-state index in [9.17, 15) is 13.2 Å². The summed E-state index contributed by atoms with van der Waals surface area (Å²) in [6.07, 6.45) is 5.96. The smallest absolute Gasteiger partial charge is 0.164 e. The van der Waals surface area contributed by atoms with Crippen LogP contribution in [-0.2, 0) is 0 Å². The van der Waals surface area contributed by atoms with E-state index in [4.69, 9.17) is 15.2 Å². The number of benzene rings is 2. The van der Waals surface area contributed by atoms with Crippen LogP contribution in [0, 0.1) is 17.5 Å². The third-order valence-electron chi connectivity index (χ3n) is 6.16. The molecule has 1 aromatic heterocycles. The summed E-state index contributed by atoms with van der Waals surface area (Å²) in [5.41, 5.74) is 8.27. The predicted octanol–water partition coefficient (Wildman–Crippen LogP) is 5.42. The Balaban J connectivity index is 1.36. The molecule has 1 aliphatic carbocycles. The lowest BCUT2D eigenvalue weighted by Gasteiger charge is -2.37. The van der Waals surface area contributed by atoms with Gasteiger partial charge >= 0.3 is 0 Å². The molecule has 4 rings (SSSR count). The van der Waals surface area contributed by atoms with Crippen molar-refractivity contribution in [2.24, 2.45) is 5.73 Å². The maximum atomic E-state index is 13.7. The summed E-state index contributed by atoms with van der Waals surface area (Å²) >= 11 is 0. The number of fused-ring (bicyclic) bond motifs is 1. The van der Waals surface area contributed by atoms with E-state index in [1.807, 2.05) is 6.20 Å². The summed E-state index contributed by atoms with van der Waals surface area (Å²) in [5.74, 6) is -1.57. The van der Waals surface area contributed by atoms with Crippen molar-refractivity contribution in [3.8, 4) is 11.5 Å². The summed E-state index contributed by atoms with van der Waals surface area (Å²) in [4.78, 5) is 3.22. The van der Waals surface area contributed by atoms with Crippen LogP contribution in [0.2, 0.25) is 0 Å². The lowest BCUT2D eigenvalue weighted by molar-refractivity contribution is 0.200. The predicted molar refractivity (Wildman–Crippen MR) is 109 cm³/mol. The average Bonchev–Trinajstić information content (AvgIpc) is 3.14. The van der Waals surface area contributed by atoms with Gasteiger partial charge in [-0.15, -0.1) is 0 Å². The van der Waals surface area contributed by atoms with E-state index in [-0.39, 0.29) is 29.5 Å². The Morgan fingerprint density at radius 2 is 1.77 bits per heavy atom. The molecule has 30 heavy (non-hydrogen) atoms. The number of aromatic nitrogens is 1. The first kappa shape index (κ1) is 20.6. The van der Waals surface area contributed by atoms with Crippen molar-refractivity contribution in [2.45, 2.75) is 43.6 Å². The standard InChI is InChI=1S/C23H25F3N2O2/c1-29-21-11-18(25)19(26)12-22(21)30-9-8-23(27)6-4-14(5-7-23)17-13-28-20-3-2-15(24)10-16(17)20/h2-3,10-14,28H,4-9,27H2,1H3/t14-,23+. The van der Waals surface area contributed by atoms with Crippen LogP contribution in [0.15, 0.2) is 36.5 Å². The van der Waals surface area contributed by atoms with E-state index in [2.05, 4.69) is 4.98 Å². The fourth-order valence-electron chi connectivity index (χ4n) is 4.35. The van der Waals surface area contributed by atoms with Crippen molar-refractivity contribution in [2.75, 3.05) is 13.7 Å². The maximum absolute atomic E-state index is 13.7. The van der Waals surface area contributed by atoms with Gasteiger partial charge in [-0.25, -0.2) is 13.2 Å². The summed E-state index contributed by atoms with van der Waals surface area (Å²) < 4.78 is 51.2. The second kappa shape index (κ2) is 8.22. The van der Waals surface area contributed by atoms with Crippen molar-refractivity contribution in [1.29, 1.82) is 0 Å². The molecule has 0 radical (unpaired) electrons. The number of halogens is 3. The largest absolute Gasteiger partial charge is 0.493 e. The zero-order chi connectivity index (χ0) is 21.3. The topological polar surface area (TPSA) is 60.3 Å². The van der Waals surface area contributed by atoms with E-state index < -0.39 is 11.6 Å². The van der Waals surface area contributed by atoms with E-state index in [0.29, 0.717) is 12.3 Å². The van der Waals surface area contributed by atoms with E-state index in [1.165, 1.54) is 13.2 Å². The number of hydrogen-bond acceptors (Lipinski definition) is 3. The van der Waals surface area contributed by atoms with Gasteiger partial charge in [0.25, 0.3) is 0 Å². The molecule has 3 N–H and O–H groups in total. The fourth-order valence-corrected chi connectivity index (χ4v) is 4.35. The lowest BCUT2D eigenvalue weighted by Crippen LogP contribution is -2.44. The number of rotatable bonds is 6. The molecular weight excluding hydrogens is 393 g/mol. The van der Waals surface area contributed by atoms with Gasteiger partial charge in [-0.05, 0) is 61.8 Å². The first-order valence-electron chi connectivity index (χ1n) is 10.1. The van der Waals surface area contributed by atoms with Gasteiger partial charge in [0.2, 0.25) is 0 Å². The Kier molecular flexibility index (Phi) is 5.64. The highest BCUT2D eigenvalue weighted by atomic mass is 19.2. The molecule has 160 valence electrons. The molecule has 7 heteroatoms.